The van der Waals surface area contributed by atoms with Gasteiger partial charge in [0.2, 0.25) is 0 Å². The zero-order valence-corrected chi connectivity index (χ0v) is 19.9. The molecule has 0 saturated carbocycles. The van der Waals surface area contributed by atoms with E-state index in [0.29, 0.717) is 11.3 Å². The van der Waals surface area contributed by atoms with Crippen LogP contribution in [0.2, 0.25) is 0 Å². The maximum absolute atomic E-state index is 13.1. The van der Waals surface area contributed by atoms with Gasteiger partial charge in [-0.15, -0.1) is 0 Å². The zero-order valence-electron chi connectivity index (χ0n) is 19.9. The van der Waals surface area contributed by atoms with Crippen molar-refractivity contribution in [2.24, 2.45) is 0 Å². The van der Waals surface area contributed by atoms with Gasteiger partial charge in [-0.3, -0.25) is 4.79 Å². The van der Waals surface area contributed by atoms with Crippen LogP contribution in [0.25, 0.3) is 17.0 Å². The summed E-state index contributed by atoms with van der Waals surface area (Å²) in [7, 11) is 0. The number of hydrogen-bond donors (Lipinski definition) is 1. The second kappa shape index (κ2) is 9.01. The molecular weight excluding hydrogens is 426 g/mol. The molecule has 0 aliphatic carbocycles. The highest BCUT2D eigenvalue weighted by Gasteiger charge is 2.27. The molecule has 0 fully saturated rings. The van der Waals surface area contributed by atoms with Gasteiger partial charge in [-0.25, -0.2) is 4.79 Å². The molecule has 1 aromatic heterocycles. The van der Waals surface area contributed by atoms with Gasteiger partial charge >= 0.3 is 5.63 Å². The summed E-state index contributed by atoms with van der Waals surface area (Å²) >= 11 is 0. The Hall–Kier alpha value is -3.54. The first-order valence-electron chi connectivity index (χ1n) is 12.2. The number of hydrogen-bond acceptors (Lipinski definition) is 6. The Morgan fingerprint density at radius 3 is 2.65 bits per heavy atom. The third kappa shape index (κ3) is 3.87. The van der Waals surface area contributed by atoms with E-state index >= 15 is 0 Å². The van der Waals surface area contributed by atoms with Crippen LogP contribution in [0, 0.1) is 0 Å². The van der Waals surface area contributed by atoms with E-state index < -0.39 is 5.63 Å². The minimum Gasteiger partial charge on any atom is -0.422 e. The van der Waals surface area contributed by atoms with Gasteiger partial charge in [0, 0.05) is 54.2 Å². The Kier molecular flexibility index (Phi) is 5.90. The SMILES string of the molecule is CCN(CC)c1cc(N)ccc1/C=C/C(=O)c1cc2cc3c4c(c2oc1=O)CCCN4CCC3. The molecule has 0 spiro atoms. The van der Waals surface area contributed by atoms with Gasteiger partial charge in [0.1, 0.15) is 11.1 Å². The Morgan fingerprint density at radius 2 is 1.88 bits per heavy atom. The standard InChI is InChI=1S/C28H31N3O3/c1-3-30(4-2)24-17-21(29)11-9-18(24)10-12-25(32)23-16-20-15-19-7-5-13-31-14-6-8-22(26(19)31)27(20)34-28(23)33/h9-12,15-17H,3-8,13-14,29H2,1-2H3/b12-10+. The number of nitrogens with zero attached hydrogens (tertiary/aromatic N) is 2. The van der Waals surface area contributed by atoms with Crippen LogP contribution >= 0.6 is 0 Å². The molecule has 2 aromatic carbocycles. The largest absolute Gasteiger partial charge is 0.422 e. The van der Waals surface area contributed by atoms with Crippen LogP contribution in [0.1, 0.15) is 53.7 Å². The highest BCUT2D eigenvalue weighted by Crippen LogP contribution is 2.39. The van der Waals surface area contributed by atoms with Crippen LogP contribution < -0.4 is 21.2 Å². The molecule has 6 heteroatoms. The van der Waals surface area contributed by atoms with Crippen LogP contribution in [0.4, 0.5) is 17.1 Å². The summed E-state index contributed by atoms with van der Waals surface area (Å²) < 4.78 is 5.79. The molecule has 0 atom stereocenters. The maximum Gasteiger partial charge on any atom is 0.347 e. The fourth-order valence-electron chi connectivity index (χ4n) is 5.41. The second-order valence-corrected chi connectivity index (χ2v) is 9.11. The molecule has 0 unspecified atom stereocenters. The van der Waals surface area contributed by atoms with Crippen molar-refractivity contribution in [1.82, 2.24) is 0 Å². The lowest BCUT2D eigenvalue weighted by molar-refractivity contribution is 0.104. The average Bonchev–Trinajstić information content (AvgIpc) is 2.84. The fourth-order valence-corrected chi connectivity index (χ4v) is 5.41. The van der Waals surface area contributed by atoms with Gasteiger partial charge in [0.25, 0.3) is 0 Å². The minimum atomic E-state index is -0.576. The van der Waals surface area contributed by atoms with Crippen molar-refractivity contribution in [1.29, 1.82) is 0 Å². The van der Waals surface area contributed by atoms with Gasteiger partial charge in [-0.05, 0) is 87.1 Å². The highest BCUT2D eigenvalue weighted by atomic mass is 16.4. The van der Waals surface area contributed by atoms with E-state index in [4.69, 9.17) is 10.2 Å². The number of rotatable bonds is 6. The summed E-state index contributed by atoms with van der Waals surface area (Å²) in [6.45, 7) is 7.92. The van der Waals surface area contributed by atoms with Gasteiger partial charge in [-0.2, -0.15) is 0 Å². The van der Waals surface area contributed by atoms with E-state index in [0.717, 1.165) is 74.1 Å². The van der Waals surface area contributed by atoms with Crippen LogP contribution in [-0.2, 0) is 12.8 Å². The van der Waals surface area contributed by atoms with Gasteiger partial charge < -0.3 is 20.0 Å². The number of carbonyl (C=O) groups is 1. The second-order valence-electron chi connectivity index (χ2n) is 9.11. The number of carbonyl (C=O) groups excluding carboxylic acids is 1. The summed E-state index contributed by atoms with van der Waals surface area (Å²) in [5.74, 6) is -0.356. The topological polar surface area (TPSA) is 79.8 Å². The number of allylic oxidation sites excluding steroid dienone is 1. The highest BCUT2D eigenvalue weighted by molar-refractivity contribution is 6.08. The fraction of sp³-hybridized carbons (Fsp3) is 0.357. The summed E-state index contributed by atoms with van der Waals surface area (Å²) in [4.78, 5) is 30.6. The number of fused-ring (bicyclic) bond motifs is 2. The lowest BCUT2D eigenvalue weighted by Gasteiger charge is -2.37. The van der Waals surface area contributed by atoms with Crippen LogP contribution in [0.15, 0.2) is 45.6 Å². The number of nitrogen functional groups attached to an aromatic ring is 1. The van der Waals surface area contributed by atoms with E-state index in [1.165, 1.54) is 17.3 Å². The molecule has 2 N–H and O–H groups in total. The van der Waals surface area contributed by atoms with Gasteiger partial charge in [0.05, 0.1) is 0 Å². The summed E-state index contributed by atoms with van der Waals surface area (Å²) in [5, 5.41) is 0.838. The van der Waals surface area contributed by atoms with Gasteiger partial charge in [-0.1, -0.05) is 6.07 Å². The molecule has 2 aliphatic heterocycles. The minimum absolute atomic E-state index is 0.0687. The normalized spacial score (nSPS) is 15.1. The first-order chi connectivity index (χ1) is 16.5. The van der Waals surface area contributed by atoms with E-state index in [9.17, 15) is 9.59 Å². The molecule has 6 nitrogen and oxygen atoms in total. The summed E-state index contributed by atoms with van der Waals surface area (Å²) in [5.41, 5.74) is 12.3. The molecule has 2 aliphatic rings. The van der Waals surface area contributed by atoms with E-state index in [1.807, 2.05) is 18.2 Å². The molecule has 3 heterocycles. The third-order valence-electron chi connectivity index (χ3n) is 7.05. The van der Waals surface area contributed by atoms with Crippen molar-refractivity contribution in [3.05, 3.63) is 69.1 Å². The number of ketones is 1. The molecule has 0 radical (unpaired) electrons. The Balaban J connectivity index is 1.53. The Bertz CT molecular complexity index is 1350. The smallest absolute Gasteiger partial charge is 0.347 e. The van der Waals surface area contributed by atoms with Crippen molar-refractivity contribution in [2.45, 2.75) is 39.5 Å². The lowest BCUT2D eigenvalue weighted by Crippen LogP contribution is -2.34. The molecule has 0 saturated heterocycles. The van der Waals surface area contributed by atoms with Crippen LogP contribution in [0.3, 0.4) is 0 Å². The average molecular weight is 458 g/mol. The molecular formula is C28H31N3O3. The number of anilines is 3. The molecule has 0 amide bonds. The van der Waals surface area contributed by atoms with Gasteiger partial charge in [0.15, 0.2) is 5.78 Å². The predicted octanol–water partition coefficient (Wildman–Crippen LogP) is 4.82. The number of benzene rings is 2. The Labute approximate surface area is 199 Å². The van der Waals surface area contributed by atoms with E-state index in [-0.39, 0.29) is 11.3 Å². The molecule has 5 rings (SSSR count). The maximum atomic E-state index is 13.1. The van der Waals surface area contributed by atoms with Crippen molar-refractivity contribution in [3.63, 3.8) is 0 Å². The van der Waals surface area contributed by atoms with Crippen molar-refractivity contribution in [2.75, 3.05) is 41.7 Å². The van der Waals surface area contributed by atoms with Crippen molar-refractivity contribution >= 4 is 39.9 Å². The number of aryl methyl sites for hydroxylation is 2. The summed E-state index contributed by atoms with van der Waals surface area (Å²) in [6.07, 6.45) is 7.31. The quantitative estimate of drug-likeness (QED) is 0.248. The molecule has 176 valence electrons. The monoisotopic (exact) mass is 457 g/mol. The first-order valence-corrected chi connectivity index (χ1v) is 12.2. The van der Waals surface area contributed by atoms with Crippen LogP contribution in [0.5, 0.6) is 0 Å². The van der Waals surface area contributed by atoms with Crippen molar-refractivity contribution in [3.8, 4) is 0 Å². The third-order valence-corrected chi connectivity index (χ3v) is 7.05. The van der Waals surface area contributed by atoms with E-state index in [1.54, 1.807) is 12.1 Å². The van der Waals surface area contributed by atoms with Crippen molar-refractivity contribution < 1.29 is 9.21 Å². The predicted molar refractivity (Wildman–Crippen MR) is 139 cm³/mol. The number of nitrogens with two attached hydrogens (primary N) is 1. The Morgan fingerprint density at radius 1 is 1.12 bits per heavy atom. The summed E-state index contributed by atoms with van der Waals surface area (Å²) in [6, 6.07) is 9.46. The molecule has 34 heavy (non-hydrogen) atoms. The zero-order chi connectivity index (χ0) is 23.8. The van der Waals surface area contributed by atoms with E-state index in [2.05, 4.69) is 29.7 Å². The molecule has 0 bridgehead atoms. The lowest BCUT2D eigenvalue weighted by atomic mass is 9.90. The van der Waals surface area contributed by atoms with Crippen LogP contribution in [-0.4, -0.2) is 32.0 Å². The first kappa shape index (κ1) is 22.3. The molecule has 3 aromatic rings.